The maximum atomic E-state index is 4.74. The van der Waals surface area contributed by atoms with Gasteiger partial charge in [-0.1, -0.05) is 134 Å². The summed E-state index contributed by atoms with van der Waals surface area (Å²) in [7, 11) is 0. The zero-order valence-electron chi connectivity index (χ0n) is 57.3. The molecule has 0 radical (unpaired) electrons. The van der Waals surface area contributed by atoms with Crippen LogP contribution in [0.1, 0.15) is 94.2 Å². The fraction of sp³-hybridized carbons (Fsp3) is 0.157. The van der Waals surface area contributed by atoms with Crippen molar-refractivity contribution in [1.29, 1.82) is 0 Å². The number of aryl methyl sites for hydroxylation is 8. The summed E-state index contributed by atoms with van der Waals surface area (Å²) in [5, 5.41) is 5.09. The zero-order chi connectivity index (χ0) is 66.8. The van der Waals surface area contributed by atoms with Crippen molar-refractivity contribution >= 4 is 43.6 Å². The Hall–Kier alpha value is -10.7. The first-order valence-corrected chi connectivity index (χ1v) is 33.7. The predicted molar refractivity (Wildman–Crippen MR) is 403 cm³/mol. The van der Waals surface area contributed by atoms with Crippen LogP contribution >= 0.6 is 0 Å². The summed E-state index contributed by atoms with van der Waals surface area (Å²) < 4.78 is 11.5. The largest absolute Gasteiger partial charge is 3.00 e. The third kappa shape index (κ3) is 12.8. The summed E-state index contributed by atoms with van der Waals surface area (Å²) in [5.41, 5.74) is 26.8. The van der Waals surface area contributed by atoms with E-state index in [1.807, 2.05) is 97.7 Å². The molecule has 0 saturated heterocycles. The molecule has 5 heterocycles. The van der Waals surface area contributed by atoms with Crippen LogP contribution in [-0.4, -0.2) is 37.8 Å². The number of hydrogen-bond donors (Lipinski definition) is 0. The maximum Gasteiger partial charge on any atom is 3.00 e. The van der Waals surface area contributed by atoms with E-state index in [0.29, 0.717) is 11.8 Å². The molecule has 0 bridgehead atoms. The molecule has 98 heavy (non-hydrogen) atoms. The molecule has 2 atom stereocenters. The van der Waals surface area contributed by atoms with Crippen LogP contribution in [0.5, 0.6) is 0 Å². The van der Waals surface area contributed by atoms with Crippen molar-refractivity contribution in [1.82, 2.24) is 37.8 Å². The molecule has 0 saturated carbocycles. The van der Waals surface area contributed by atoms with Crippen LogP contribution in [0.25, 0.3) is 106 Å². The van der Waals surface area contributed by atoms with Gasteiger partial charge >= 0.3 is 20.1 Å². The summed E-state index contributed by atoms with van der Waals surface area (Å²) in [4.78, 5) is 13.7. The molecule has 16 rings (SSSR count). The Balaban J connectivity index is 0.000000171. The van der Waals surface area contributed by atoms with Crippen LogP contribution in [0.3, 0.4) is 0 Å². The summed E-state index contributed by atoms with van der Waals surface area (Å²) in [6.07, 6.45) is 13.8. The number of rotatable bonds is 13. The van der Waals surface area contributed by atoms with Crippen LogP contribution < -0.4 is 0 Å². The van der Waals surface area contributed by atoms with E-state index < -0.39 is 0 Å². The second kappa shape index (κ2) is 28.6. The fourth-order valence-corrected chi connectivity index (χ4v) is 15.0. The van der Waals surface area contributed by atoms with Crippen molar-refractivity contribution in [2.75, 3.05) is 0 Å². The molecule has 0 fully saturated rings. The van der Waals surface area contributed by atoms with Gasteiger partial charge in [-0.15, -0.1) is 108 Å². The van der Waals surface area contributed by atoms with Gasteiger partial charge in [-0.05, 0) is 167 Å². The number of nitrogens with zero attached hydrogens (tertiary/aromatic N) is 8. The summed E-state index contributed by atoms with van der Waals surface area (Å²) >= 11 is 0. The molecular weight excluding hydrogens is 1370 g/mol. The normalized spacial score (nSPS) is 11.9. The Morgan fingerprint density at radius 1 is 0.357 bits per heavy atom. The van der Waals surface area contributed by atoms with Gasteiger partial charge in [0.15, 0.2) is 0 Å². The standard InChI is InChI=1S/C53H45N4.2C18H17N2.Ir/c1-5-38(41-30-36(3)52(37(4)31-41)55-28-27-54-53(55)39-17-7-6-8-18-39)29-35(2)40-32-42(56-48-23-13-9-19-44(48)45-20-10-14-24-49(45)56)34-43(33-40)57-50-25-15-11-21-46(50)47-22-12-16-26-51(47)57;2*1-13-11-14(2)17(15(3)12-13)20-10-9-19-18(20)16-7-5-4-6-8-16;/h6-17,19-28,30-35,38H,5,29H2,1-4H3;2*4-7,9-12H,1-3H3;/q3*-1;+3. The van der Waals surface area contributed by atoms with E-state index in [9.17, 15) is 0 Å². The number of hydrogen-bond acceptors (Lipinski definition) is 3. The summed E-state index contributed by atoms with van der Waals surface area (Å²) in [5.74, 6) is 3.47. The molecule has 8 nitrogen and oxygen atoms in total. The van der Waals surface area contributed by atoms with Crippen molar-refractivity contribution in [3.8, 4) is 62.6 Å². The minimum atomic E-state index is 0. The molecule has 484 valence electrons. The van der Waals surface area contributed by atoms with Gasteiger partial charge in [0.25, 0.3) is 0 Å². The van der Waals surface area contributed by atoms with Crippen LogP contribution in [0.2, 0.25) is 0 Å². The molecule has 2 unspecified atom stereocenters. The molecule has 16 aromatic rings. The van der Waals surface area contributed by atoms with E-state index in [1.165, 1.54) is 128 Å². The van der Waals surface area contributed by atoms with Crippen molar-refractivity contribution in [2.45, 2.75) is 93.9 Å². The average Bonchev–Trinajstić information content (AvgIpc) is 1.58. The second-order valence-corrected chi connectivity index (χ2v) is 26.0. The SMILES string of the molecule is CCC(CC(C)c1cc(-n2c3ccccc3c3ccccc32)cc(-n2c3ccccc3c3ccccc32)c1)c1cc(C)c(-n2ccnc2-c2[c-]cccc2)c(C)c1.Cc1cc(C)c(-n2ccnc2-c2[c-]cccc2)c(C)c1.Cc1cc(C)c(-n2ccnc2-c2[c-]cccc2)c(C)c1.[Ir+3]. The average molecular weight is 1450 g/mol. The van der Waals surface area contributed by atoms with Crippen LogP contribution in [-0.2, 0) is 20.1 Å². The van der Waals surface area contributed by atoms with Crippen LogP contribution in [0.15, 0.2) is 262 Å². The molecule has 0 spiro atoms. The first-order valence-electron chi connectivity index (χ1n) is 33.7. The first kappa shape index (κ1) is 65.9. The molecular formula is C89H79IrN8. The number of fused-ring (bicyclic) bond motifs is 6. The predicted octanol–water partition coefficient (Wildman–Crippen LogP) is 22.4. The minimum absolute atomic E-state index is 0. The number of para-hydroxylation sites is 4. The van der Waals surface area contributed by atoms with Gasteiger partial charge in [0, 0.05) is 87.2 Å². The molecule has 0 amide bonds. The van der Waals surface area contributed by atoms with Gasteiger partial charge in [-0.2, -0.15) is 0 Å². The van der Waals surface area contributed by atoms with Gasteiger partial charge < -0.3 is 22.8 Å². The third-order valence-electron chi connectivity index (χ3n) is 19.1. The van der Waals surface area contributed by atoms with Crippen molar-refractivity contribution < 1.29 is 20.1 Å². The second-order valence-electron chi connectivity index (χ2n) is 26.0. The van der Waals surface area contributed by atoms with E-state index in [-0.39, 0.29) is 20.1 Å². The first-order chi connectivity index (χ1) is 47.3. The molecule has 0 N–H and O–H groups in total. The van der Waals surface area contributed by atoms with E-state index in [0.717, 1.165) is 47.0 Å². The molecule has 0 aliphatic heterocycles. The van der Waals surface area contributed by atoms with Gasteiger partial charge in [0.05, 0.1) is 39.5 Å². The Labute approximate surface area is 589 Å². The topological polar surface area (TPSA) is 63.3 Å². The number of aromatic nitrogens is 8. The quantitative estimate of drug-likeness (QED) is 0.108. The monoisotopic (exact) mass is 1450 g/mol. The Bertz CT molecular complexity index is 5050. The Morgan fingerprint density at radius 2 is 0.663 bits per heavy atom. The van der Waals surface area contributed by atoms with Gasteiger partial charge in [-0.25, -0.2) is 0 Å². The van der Waals surface area contributed by atoms with E-state index >= 15 is 0 Å². The van der Waals surface area contributed by atoms with Crippen LogP contribution in [0, 0.1) is 73.6 Å². The Kier molecular flexibility index (Phi) is 19.2. The minimum Gasteiger partial charge on any atom is -0.340 e. The zero-order valence-corrected chi connectivity index (χ0v) is 59.7. The number of imidazole rings is 3. The van der Waals surface area contributed by atoms with E-state index in [1.54, 1.807) is 0 Å². The van der Waals surface area contributed by atoms with Crippen molar-refractivity contribution in [2.24, 2.45) is 0 Å². The van der Waals surface area contributed by atoms with Crippen LogP contribution in [0.4, 0.5) is 0 Å². The Morgan fingerprint density at radius 3 is 0.969 bits per heavy atom. The van der Waals surface area contributed by atoms with E-state index in [4.69, 9.17) is 4.98 Å². The van der Waals surface area contributed by atoms with Gasteiger partial charge in [-0.3, -0.25) is 15.0 Å². The number of benzene rings is 11. The summed E-state index contributed by atoms with van der Waals surface area (Å²) in [6, 6.07) is 90.1. The van der Waals surface area contributed by atoms with E-state index in [2.05, 4.69) is 284 Å². The maximum absolute atomic E-state index is 4.74. The third-order valence-corrected chi connectivity index (χ3v) is 19.1. The van der Waals surface area contributed by atoms with Gasteiger partial charge in [0.1, 0.15) is 0 Å². The van der Waals surface area contributed by atoms with Crippen molar-refractivity contribution in [3.63, 3.8) is 0 Å². The molecule has 5 aromatic heterocycles. The smallest absolute Gasteiger partial charge is 0.340 e. The molecule has 0 aliphatic carbocycles. The summed E-state index contributed by atoms with van der Waals surface area (Å²) in [6.45, 7) is 22.1. The fourth-order valence-electron chi connectivity index (χ4n) is 15.0. The molecule has 9 heteroatoms. The molecule has 0 aliphatic rings. The van der Waals surface area contributed by atoms with Crippen molar-refractivity contribution in [3.05, 3.63) is 335 Å². The molecule has 11 aromatic carbocycles. The van der Waals surface area contributed by atoms with Gasteiger partial charge in [0.2, 0.25) is 0 Å².